The molecule has 0 unspecified atom stereocenters. The third kappa shape index (κ3) is 3.82. The largest absolute Gasteiger partial charge is 0.490 e. The van der Waals surface area contributed by atoms with E-state index in [0.29, 0.717) is 18.8 Å². The number of carbonyl (C=O) groups excluding carboxylic acids is 2. The zero-order valence-corrected chi connectivity index (χ0v) is 14.4. The topological polar surface area (TPSA) is 71.0 Å². The van der Waals surface area contributed by atoms with Crippen molar-refractivity contribution in [2.45, 2.75) is 25.3 Å². The molecule has 26 heavy (non-hydrogen) atoms. The minimum atomic E-state index is -1.13. The van der Waals surface area contributed by atoms with Crippen LogP contribution in [0.3, 0.4) is 0 Å². The second-order valence-corrected chi connectivity index (χ2v) is 6.27. The van der Waals surface area contributed by atoms with Crippen LogP contribution < -0.4 is 10.1 Å². The first kappa shape index (κ1) is 17.8. The van der Waals surface area contributed by atoms with Gasteiger partial charge in [0.15, 0.2) is 11.6 Å². The summed E-state index contributed by atoms with van der Waals surface area (Å²) in [5.74, 6) is -0.251. The maximum absolute atomic E-state index is 13.4. The molecule has 0 fully saturated rings. The van der Waals surface area contributed by atoms with Crippen LogP contribution in [0.4, 0.5) is 4.39 Å². The summed E-state index contributed by atoms with van der Waals surface area (Å²) in [5.41, 5.74) is -1.13. The maximum Gasteiger partial charge on any atom is 0.248 e. The SMILES string of the molecule is C[C@]1(C(=O)NCCCOc2ccccc2F)CC(=O)N2C=CC=CC2=N1. The van der Waals surface area contributed by atoms with Crippen LogP contribution in [0.2, 0.25) is 0 Å². The lowest BCUT2D eigenvalue weighted by Crippen LogP contribution is -2.52. The zero-order chi connectivity index (χ0) is 18.6. The van der Waals surface area contributed by atoms with E-state index in [9.17, 15) is 14.0 Å². The molecule has 0 aliphatic carbocycles. The van der Waals surface area contributed by atoms with Gasteiger partial charge in [-0.2, -0.15) is 0 Å². The highest BCUT2D eigenvalue weighted by molar-refractivity contribution is 6.11. The summed E-state index contributed by atoms with van der Waals surface area (Å²) in [4.78, 5) is 30.6. The minimum absolute atomic E-state index is 0.00619. The van der Waals surface area contributed by atoms with Crippen LogP contribution in [-0.2, 0) is 9.59 Å². The van der Waals surface area contributed by atoms with Crippen molar-refractivity contribution in [3.8, 4) is 5.75 Å². The number of amidine groups is 1. The second kappa shape index (κ2) is 7.51. The third-order valence-corrected chi connectivity index (χ3v) is 4.15. The van der Waals surface area contributed by atoms with E-state index in [0.717, 1.165) is 0 Å². The van der Waals surface area contributed by atoms with Gasteiger partial charge >= 0.3 is 0 Å². The van der Waals surface area contributed by atoms with Gasteiger partial charge in [0.05, 0.1) is 13.0 Å². The molecule has 2 amide bonds. The van der Waals surface area contributed by atoms with E-state index in [1.807, 2.05) is 0 Å². The van der Waals surface area contributed by atoms with Crippen LogP contribution in [-0.4, -0.2) is 41.2 Å². The number of rotatable bonds is 6. The Hall–Kier alpha value is -2.96. The Morgan fingerprint density at radius 3 is 3.00 bits per heavy atom. The summed E-state index contributed by atoms with van der Waals surface area (Å²) in [6.45, 7) is 2.26. The summed E-state index contributed by atoms with van der Waals surface area (Å²) in [7, 11) is 0. The molecule has 0 radical (unpaired) electrons. The highest BCUT2D eigenvalue weighted by Crippen LogP contribution is 2.25. The van der Waals surface area contributed by atoms with Crippen molar-refractivity contribution in [2.24, 2.45) is 4.99 Å². The van der Waals surface area contributed by atoms with E-state index in [-0.39, 0.29) is 30.6 Å². The molecule has 1 aromatic carbocycles. The lowest BCUT2D eigenvalue weighted by atomic mass is 9.94. The van der Waals surface area contributed by atoms with E-state index in [4.69, 9.17) is 4.74 Å². The average molecular weight is 357 g/mol. The molecule has 1 N–H and O–H groups in total. The van der Waals surface area contributed by atoms with Crippen LogP contribution in [0.25, 0.3) is 0 Å². The van der Waals surface area contributed by atoms with Crippen molar-refractivity contribution in [2.75, 3.05) is 13.2 Å². The molecule has 0 spiro atoms. The number of para-hydroxylation sites is 1. The van der Waals surface area contributed by atoms with E-state index in [1.165, 1.54) is 11.0 Å². The normalized spacial score (nSPS) is 21.2. The fraction of sp³-hybridized carbons (Fsp3) is 0.316. The molecule has 1 atom stereocenters. The monoisotopic (exact) mass is 357 g/mol. The van der Waals surface area contributed by atoms with Crippen molar-refractivity contribution in [3.05, 3.63) is 54.5 Å². The summed E-state index contributed by atoms with van der Waals surface area (Å²) >= 11 is 0. The number of aliphatic imine (C=N–C) groups is 1. The quantitative estimate of drug-likeness (QED) is 0.794. The fourth-order valence-corrected chi connectivity index (χ4v) is 2.75. The number of nitrogens with zero attached hydrogens (tertiary/aromatic N) is 2. The van der Waals surface area contributed by atoms with Gasteiger partial charge in [0.25, 0.3) is 0 Å². The Balaban J connectivity index is 1.50. The van der Waals surface area contributed by atoms with Crippen molar-refractivity contribution >= 4 is 17.6 Å². The molecule has 1 aromatic rings. The lowest BCUT2D eigenvalue weighted by molar-refractivity contribution is -0.134. The van der Waals surface area contributed by atoms with E-state index in [1.54, 1.807) is 49.6 Å². The molecular formula is C19H20FN3O3. The Bertz CT molecular complexity index is 803. The number of fused-ring (bicyclic) bond motifs is 1. The predicted octanol–water partition coefficient (Wildman–Crippen LogP) is 2.18. The Kier molecular flexibility index (Phi) is 5.16. The van der Waals surface area contributed by atoms with Crippen LogP contribution in [0, 0.1) is 5.82 Å². The highest BCUT2D eigenvalue weighted by atomic mass is 19.1. The zero-order valence-electron chi connectivity index (χ0n) is 14.4. The van der Waals surface area contributed by atoms with Crippen molar-refractivity contribution in [1.29, 1.82) is 0 Å². The lowest BCUT2D eigenvalue weighted by Gasteiger charge is -2.34. The van der Waals surface area contributed by atoms with Gasteiger partial charge in [0.1, 0.15) is 11.4 Å². The van der Waals surface area contributed by atoms with Gasteiger partial charge in [-0.1, -0.05) is 18.2 Å². The van der Waals surface area contributed by atoms with E-state index < -0.39 is 11.4 Å². The van der Waals surface area contributed by atoms with Gasteiger partial charge < -0.3 is 10.1 Å². The molecule has 0 bridgehead atoms. The first-order valence-electron chi connectivity index (χ1n) is 8.42. The van der Waals surface area contributed by atoms with Crippen LogP contribution in [0.1, 0.15) is 19.8 Å². The van der Waals surface area contributed by atoms with Crippen LogP contribution >= 0.6 is 0 Å². The minimum Gasteiger partial charge on any atom is -0.490 e. The van der Waals surface area contributed by atoms with Crippen molar-refractivity contribution in [1.82, 2.24) is 10.2 Å². The molecule has 136 valence electrons. The highest BCUT2D eigenvalue weighted by Gasteiger charge is 2.41. The second-order valence-electron chi connectivity index (χ2n) is 6.27. The number of hydrogen-bond acceptors (Lipinski definition) is 4. The van der Waals surface area contributed by atoms with Crippen molar-refractivity contribution in [3.63, 3.8) is 0 Å². The van der Waals surface area contributed by atoms with Gasteiger partial charge in [-0.15, -0.1) is 0 Å². The number of amides is 2. The first-order chi connectivity index (χ1) is 12.5. The number of benzene rings is 1. The fourth-order valence-electron chi connectivity index (χ4n) is 2.75. The van der Waals surface area contributed by atoms with Gasteiger partial charge in [0.2, 0.25) is 11.8 Å². The van der Waals surface area contributed by atoms with E-state index >= 15 is 0 Å². The molecule has 6 nitrogen and oxygen atoms in total. The molecule has 7 heteroatoms. The number of halogens is 1. The Labute approximate surface area is 151 Å². The van der Waals surface area contributed by atoms with Gasteiger partial charge in [-0.25, -0.2) is 4.39 Å². The van der Waals surface area contributed by atoms with Crippen LogP contribution in [0.5, 0.6) is 5.75 Å². The smallest absolute Gasteiger partial charge is 0.248 e. The Morgan fingerprint density at radius 1 is 1.38 bits per heavy atom. The predicted molar refractivity (Wildman–Crippen MR) is 95.1 cm³/mol. The Morgan fingerprint density at radius 2 is 2.19 bits per heavy atom. The number of carbonyl (C=O) groups is 2. The summed E-state index contributed by atoms with van der Waals surface area (Å²) in [5, 5.41) is 2.78. The summed E-state index contributed by atoms with van der Waals surface area (Å²) < 4.78 is 18.8. The van der Waals surface area contributed by atoms with Gasteiger partial charge in [0, 0.05) is 12.7 Å². The molecule has 0 saturated heterocycles. The van der Waals surface area contributed by atoms with Crippen molar-refractivity contribution < 1.29 is 18.7 Å². The van der Waals surface area contributed by atoms with E-state index in [2.05, 4.69) is 10.3 Å². The standard InChI is InChI=1S/C19H20FN3O3/c1-19(13-17(24)23-11-5-4-9-16(23)22-19)18(25)21-10-6-12-26-15-8-3-2-7-14(15)20/h2-5,7-9,11H,6,10,12-13H2,1H3,(H,21,25)/t19-/m1/s1. The average Bonchev–Trinajstić information content (AvgIpc) is 2.62. The molecule has 0 aromatic heterocycles. The molecule has 3 rings (SSSR count). The number of allylic oxidation sites excluding steroid dienone is 2. The van der Waals surface area contributed by atoms with Gasteiger partial charge in [-0.3, -0.25) is 19.5 Å². The molecular weight excluding hydrogens is 337 g/mol. The number of nitrogens with one attached hydrogen (secondary N) is 1. The number of ether oxygens (including phenoxy) is 1. The summed E-state index contributed by atoms with van der Waals surface area (Å²) in [6, 6.07) is 6.17. The number of hydrogen-bond donors (Lipinski definition) is 1. The third-order valence-electron chi connectivity index (χ3n) is 4.15. The summed E-state index contributed by atoms with van der Waals surface area (Å²) in [6.07, 6.45) is 7.37. The molecule has 2 heterocycles. The maximum atomic E-state index is 13.4. The molecule has 2 aliphatic heterocycles. The first-order valence-corrected chi connectivity index (χ1v) is 8.42. The van der Waals surface area contributed by atoms with Gasteiger partial charge in [-0.05, 0) is 37.6 Å². The molecule has 2 aliphatic rings. The van der Waals surface area contributed by atoms with Crippen LogP contribution in [0.15, 0.2) is 53.7 Å². The molecule has 0 saturated carbocycles.